The van der Waals surface area contributed by atoms with Crippen LogP contribution in [-0.2, 0) is 9.59 Å². The van der Waals surface area contributed by atoms with E-state index < -0.39 is 5.91 Å². The highest BCUT2D eigenvalue weighted by Gasteiger charge is 2.54. The van der Waals surface area contributed by atoms with Gasteiger partial charge in [-0.15, -0.1) is 0 Å². The average molecular weight is 430 g/mol. The fourth-order valence-corrected chi connectivity index (χ4v) is 6.07. The average Bonchev–Trinajstić information content (AvgIpc) is 2.76. The van der Waals surface area contributed by atoms with Crippen LogP contribution in [0.3, 0.4) is 0 Å². The Morgan fingerprint density at radius 3 is 1.97 bits per heavy atom. The number of hydrazine groups is 1. The summed E-state index contributed by atoms with van der Waals surface area (Å²) in [5, 5.41) is 2.97. The Balaban J connectivity index is 1.22. The van der Waals surface area contributed by atoms with Crippen LogP contribution in [0.5, 0.6) is 11.5 Å². The summed E-state index contributed by atoms with van der Waals surface area (Å²) in [5.41, 5.74) is 4.86. The first kappa shape index (κ1) is 21.5. The summed E-state index contributed by atoms with van der Waals surface area (Å²) in [6, 6.07) is 4.76. The van der Waals surface area contributed by atoms with Gasteiger partial charge in [-0.1, -0.05) is 0 Å². The van der Waals surface area contributed by atoms with Crippen molar-refractivity contribution >= 4 is 17.7 Å². The van der Waals surface area contributed by atoms with E-state index in [1.165, 1.54) is 33.5 Å². The summed E-state index contributed by atoms with van der Waals surface area (Å²) in [7, 11) is 2.99. The molecule has 31 heavy (non-hydrogen) atoms. The highest BCUT2D eigenvalue weighted by molar-refractivity contribution is 5.96. The fourth-order valence-electron chi connectivity index (χ4n) is 6.07. The van der Waals surface area contributed by atoms with E-state index in [2.05, 4.69) is 16.2 Å². The first-order valence-electron chi connectivity index (χ1n) is 11.0. The van der Waals surface area contributed by atoms with Crippen LogP contribution in [-0.4, -0.2) is 38.5 Å². The number of nitrogens with one attached hydrogen (secondary N) is 3. The second-order valence-electron chi connectivity index (χ2n) is 9.31. The van der Waals surface area contributed by atoms with Crippen LogP contribution in [0.2, 0.25) is 0 Å². The zero-order valence-electron chi connectivity index (χ0n) is 18.2. The van der Waals surface area contributed by atoms with Gasteiger partial charge in [-0.2, -0.15) is 0 Å². The standard InChI is InChI=1S/C23H31N3O5/c1-30-18-8-17(9-19(10-18)31-2)21(28)26-25-20(27)3-4-24-22(29)23-11-14-5-15(12-23)7-16(6-14)13-23/h8-10,14-16H,3-7,11-13H2,1-2H3,(H,24,29)(H,25,27)(H,26,28). The monoisotopic (exact) mass is 429 g/mol. The molecule has 1 aromatic rings. The molecule has 8 heteroatoms. The number of hydrogen-bond donors (Lipinski definition) is 3. The highest BCUT2D eigenvalue weighted by Crippen LogP contribution is 2.60. The summed E-state index contributed by atoms with van der Waals surface area (Å²) < 4.78 is 10.3. The molecular weight excluding hydrogens is 398 g/mol. The minimum atomic E-state index is -0.483. The zero-order chi connectivity index (χ0) is 22.0. The molecule has 4 fully saturated rings. The van der Waals surface area contributed by atoms with Crippen molar-refractivity contribution < 1.29 is 23.9 Å². The largest absolute Gasteiger partial charge is 0.497 e. The number of carbonyl (C=O) groups is 3. The minimum Gasteiger partial charge on any atom is -0.497 e. The van der Waals surface area contributed by atoms with Crippen molar-refractivity contribution in [3.8, 4) is 11.5 Å². The number of amides is 3. The third-order valence-electron chi connectivity index (χ3n) is 7.09. The van der Waals surface area contributed by atoms with E-state index in [0.29, 0.717) is 34.8 Å². The second kappa shape index (κ2) is 8.77. The van der Waals surface area contributed by atoms with Gasteiger partial charge in [0, 0.05) is 30.0 Å². The lowest BCUT2D eigenvalue weighted by atomic mass is 9.49. The molecule has 1 aromatic carbocycles. The summed E-state index contributed by atoms with van der Waals surface area (Å²) in [4.78, 5) is 37.4. The van der Waals surface area contributed by atoms with Crippen LogP contribution < -0.4 is 25.6 Å². The molecule has 0 heterocycles. The number of hydrogen-bond acceptors (Lipinski definition) is 5. The smallest absolute Gasteiger partial charge is 0.269 e. The van der Waals surface area contributed by atoms with Crippen molar-refractivity contribution in [3.63, 3.8) is 0 Å². The Hall–Kier alpha value is -2.77. The van der Waals surface area contributed by atoms with Crippen molar-refractivity contribution in [3.05, 3.63) is 23.8 Å². The molecule has 168 valence electrons. The van der Waals surface area contributed by atoms with E-state index in [1.54, 1.807) is 18.2 Å². The Kier molecular flexibility index (Phi) is 6.07. The molecule has 0 unspecified atom stereocenters. The molecule has 5 rings (SSSR count). The molecule has 0 spiro atoms. The molecule has 8 nitrogen and oxygen atoms in total. The number of ether oxygens (including phenoxy) is 2. The molecule has 0 aromatic heterocycles. The van der Waals surface area contributed by atoms with Crippen LogP contribution in [0, 0.1) is 23.2 Å². The summed E-state index contributed by atoms with van der Waals surface area (Å²) in [5.74, 6) is 2.30. The van der Waals surface area contributed by atoms with Crippen LogP contribution in [0.15, 0.2) is 18.2 Å². The van der Waals surface area contributed by atoms with Crippen LogP contribution in [0.4, 0.5) is 0 Å². The number of methoxy groups -OCH3 is 2. The fraction of sp³-hybridized carbons (Fsp3) is 0.609. The Morgan fingerprint density at radius 1 is 0.903 bits per heavy atom. The Bertz CT molecular complexity index is 811. The van der Waals surface area contributed by atoms with Crippen LogP contribution in [0.1, 0.15) is 55.3 Å². The first-order chi connectivity index (χ1) is 14.9. The van der Waals surface area contributed by atoms with Crippen molar-refractivity contribution in [1.29, 1.82) is 0 Å². The van der Waals surface area contributed by atoms with Crippen molar-refractivity contribution in [1.82, 2.24) is 16.2 Å². The maximum atomic E-state index is 12.9. The molecular formula is C23H31N3O5. The molecule has 0 saturated heterocycles. The van der Waals surface area contributed by atoms with E-state index in [0.717, 1.165) is 19.3 Å². The molecule has 4 aliphatic carbocycles. The summed E-state index contributed by atoms with van der Waals surface area (Å²) >= 11 is 0. The molecule has 0 atom stereocenters. The number of benzene rings is 1. The lowest BCUT2D eigenvalue weighted by Gasteiger charge is -2.55. The topological polar surface area (TPSA) is 106 Å². The van der Waals surface area contributed by atoms with Gasteiger partial charge in [0.1, 0.15) is 11.5 Å². The highest BCUT2D eigenvalue weighted by atomic mass is 16.5. The first-order valence-corrected chi connectivity index (χ1v) is 11.0. The molecule has 0 aliphatic heterocycles. The SMILES string of the molecule is COc1cc(OC)cc(C(=O)NNC(=O)CCNC(=O)C23CC4CC(CC(C4)C2)C3)c1. The van der Waals surface area contributed by atoms with Gasteiger partial charge in [0.2, 0.25) is 11.8 Å². The van der Waals surface area contributed by atoms with Gasteiger partial charge in [-0.3, -0.25) is 25.2 Å². The lowest BCUT2D eigenvalue weighted by molar-refractivity contribution is -0.146. The van der Waals surface area contributed by atoms with Crippen molar-refractivity contribution in [2.24, 2.45) is 23.2 Å². The predicted molar refractivity (Wildman–Crippen MR) is 113 cm³/mol. The summed E-state index contributed by atoms with van der Waals surface area (Å²) in [6.45, 7) is 0.259. The van der Waals surface area contributed by atoms with Crippen molar-refractivity contribution in [2.45, 2.75) is 44.9 Å². The van der Waals surface area contributed by atoms with Gasteiger partial charge in [-0.05, 0) is 68.4 Å². The van der Waals surface area contributed by atoms with E-state index >= 15 is 0 Å². The maximum absolute atomic E-state index is 12.9. The Labute approximate surface area is 182 Å². The molecule has 4 bridgehead atoms. The van der Waals surface area contributed by atoms with Crippen LogP contribution in [0.25, 0.3) is 0 Å². The van der Waals surface area contributed by atoms with Gasteiger partial charge in [-0.25, -0.2) is 0 Å². The molecule has 3 amide bonds. The van der Waals surface area contributed by atoms with Crippen LogP contribution >= 0.6 is 0 Å². The predicted octanol–water partition coefficient (Wildman–Crippen LogP) is 2.19. The number of carbonyl (C=O) groups excluding carboxylic acids is 3. The van der Waals surface area contributed by atoms with E-state index in [1.807, 2.05) is 0 Å². The third kappa shape index (κ3) is 4.62. The zero-order valence-corrected chi connectivity index (χ0v) is 18.2. The minimum absolute atomic E-state index is 0.0970. The second-order valence-corrected chi connectivity index (χ2v) is 9.31. The molecule has 4 aliphatic rings. The quantitative estimate of drug-likeness (QED) is 0.576. The third-order valence-corrected chi connectivity index (χ3v) is 7.09. The Morgan fingerprint density at radius 2 is 1.45 bits per heavy atom. The maximum Gasteiger partial charge on any atom is 0.269 e. The van der Waals surface area contributed by atoms with E-state index in [9.17, 15) is 14.4 Å². The van der Waals surface area contributed by atoms with Gasteiger partial charge in [0.15, 0.2) is 0 Å². The molecule has 3 N–H and O–H groups in total. The molecule has 0 radical (unpaired) electrons. The normalized spacial score (nSPS) is 28.0. The van der Waals surface area contributed by atoms with E-state index in [-0.39, 0.29) is 30.2 Å². The van der Waals surface area contributed by atoms with Gasteiger partial charge < -0.3 is 14.8 Å². The number of rotatable bonds is 7. The lowest BCUT2D eigenvalue weighted by Crippen LogP contribution is -2.54. The van der Waals surface area contributed by atoms with Gasteiger partial charge >= 0.3 is 0 Å². The van der Waals surface area contributed by atoms with E-state index in [4.69, 9.17) is 9.47 Å². The van der Waals surface area contributed by atoms with Crippen molar-refractivity contribution in [2.75, 3.05) is 20.8 Å². The summed E-state index contributed by atoms with van der Waals surface area (Å²) in [6.07, 6.45) is 6.94. The molecule has 4 saturated carbocycles. The van der Waals surface area contributed by atoms with Gasteiger partial charge in [0.25, 0.3) is 5.91 Å². The van der Waals surface area contributed by atoms with Gasteiger partial charge in [0.05, 0.1) is 14.2 Å².